The van der Waals surface area contributed by atoms with Gasteiger partial charge in [0.05, 0.1) is 12.6 Å². The summed E-state index contributed by atoms with van der Waals surface area (Å²) in [6, 6.07) is 14.1. The minimum atomic E-state index is -0.563. The van der Waals surface area contributed by atoms with Crippen LogP contribution in [-0.2, 0) is 4.79 Å². The van der Waals surface area contributed by atoms with E-state index >= 15 is 0 Å². The standard InChI is InChI=1S/C17H17ClN2O2/c1-2-22-12-9-7-11(8-10-12)20-16(15(19)17(20)21)13-5-3-4-6-14(13)18/h3-10,15-16H,2,19H2,1H3/t15-,16-/m0/s1. The summed E-state index contributed by atoms with van der Waals surface area (Å²) >= 11 is 6.25. The van der Waals surface area contributed by atoms with Gasteiger partial charge in [0, 0.05) is 10.7 Å². The summed E-state index contributed by atoms with van der Waals surface area (Å²) in [6.07, 6.45) is 0. The van der Waals surface area contributed by atoms with Crippen molar-refractivity contribution in [3.8, 4) is 5.75 Å². The molecule has 4 nitrogen and oxygen atoms in total. The van der Waals surface area contributed by atoms with Gasteiger partial charge in [-0.25, -0.2) is 0 Å². The molecule has 2 aromatic rings. The van der Waals surface area contributed by atoms with E-state index in [4.69, 9.17) is 22.1 Å². The largest absolute Gasteiger partial charge is 0.494 e. The summed E-state index contributed by atoms with van der Waals surface area (Å²) in [5, 5.41) is 0.617. The average molecular weight is 317 g/mol. The predicted molar refractivity (Wildman–Crippen MR) is 87.3 cm³/mol. The lowest BCUT2D eigenvalue weighted by atomic mass is 9.88. The SMILES string of the molecule is CCOc1ccc(N2C(=O)[C@@H](N)[C@@H]2c2ccccc2Cl)cc1. The van der Waals surface area contributed by atoms with Gasteiger partial charge in [-0.3, -0.25) is 4.79 Å². The van der Waals surface area contributed by atoms with Gasteiger partial charge in [-0.1, -0.05) is 29.8 Å². The molecule has 0 unspecified atom stereocenters. The van der Waals surface area contributed by atoms with E-state index < -0.39 is 6.04 Å². The number of anilines is 1. The van der Waals surface area contributed by atoms with Gasteiger partial charge in [-0.15, -0.1) is 0 Å². The van der Waals surface area contributed by atoms with Crippen molar-refractivity contribution >= 4 is 23.2 Å². The van der Waals surface area contributed by atoms with Crippen LogP contribution in [0.3, 0.4) is 0 Å². The number of hydrogen-bond acceptors (Lipinski definition) is 3. The van der Waals surface area contributed by atoms with Crippen molar-refractivity contribution in [3.63, 3.8) is 0 Å². The van der Waals surface area contributed by atoms with Crippen LogP contribution in [0, 0.1) is 0 Å². The third-order valence-corrected chi connectivity index (χ3v) is 4.13. The molecule has 1 aliphatic rings. The van der Waals surface area contributed by atoms with Gasteiger partial charge in [0.25, 0.3) is 0 Å². The molecule has 0 saturated carbocycles. The first-order valence-electron chi connectivity index (χ1n) is 7.19. The Kier molecular flexibility index (Phi) is 4.05. The Morgan fingerprint density at radius 3 is 2.50 bits per heavy atom. The number of nitrogens with two attached hydrogens (primary N) is 1. The van der Waals surface area contributed by atoms with E-state index in [0.717, 1.165) is 17.0 Å². The Labute approximate surface area is 134 Å². The number of benzene rings is 2. The highest BCUT2D eigenvalue weighted by Gasteiger charge is 2.47. The second-order valence-corrected chi connectivity index (χ2v) is 5.53. The number of β-lactam (4-membered cyclic amide) rings is 1. The molecule has 1 aliphatic heterocycles. The highest BCUT2D eigenvalue weighted by Crippen LogP contribution is 2.40. The van der Waals surface area contributed by atoms with Gasteiger partial charge in [0.1, 0.15) is 11.8 Å². The summed E-state index contributed by atoms with van der Waals surface area (Å²) in [6.45, 7) is 2.54. The molecule has 1 amide bonds. The third kappa shape index (κ3) is 2.45. The van der Waals surface area contributed by atoms with Crippen LogP contribution in [-0.4, -0.2) is 18.6 Å². The number of rotatable bonds is 4. The van der Waals surface area contributed by atoms with Crippen LogP contribution < -0.4 is 15.4 Å². The lowest BCUT2D eigenvalue weighted by Gasteiger charge is -2.45. The molecule has 1 saturated heterocycles. The molecule has 0 spiro atoms. The molecule has 2 aromatic carbocycles. The fourth-order valence-corrected chi connectivity index (χ4v) is 2.96. The molecule has 1 heterocycles. The number of carbonyl (C=O) groups is 1. The quantitative estimate of drug-likeness (QED) is 0.882. The van der Waals surface area contributed by atoms with Crippen molar-refractivity contribution in [3.05, 3.63) is 59.1 Å². The number of amides is 1. The molecule has 114 valence electrons. The molecule has 5 heteroatoms. The fraction of sp³-hybridized carbons (Fsp3) is 0.235. The molecular formula is C17H17ClN2O2. The van der Waals surface area contributed by atoms with Crippen molar-refractivity contribution in [1.82, 2.24) is 0 Å². The molecule has 0 radical (unpaired) electrons. The molecule has 0 aliphatic carbocycles. The first kappa shape index (κ1) is 14.9. The summed E-state index contributed by atoms with van der Waals surface area (Å²) in [4.78, 5) is 13.9. The van der Waals surface area contributed by atoms with Crippen molar-refractivity contribution in [1.29, 1.82) is 0 Å². The van der Waals surface area contributed by atoms with Crippen LogP contribution in [0.1, 0.15) is 18.5 Å². The summed E-state index contributed by atoms with van der Waals surface area (Å²) < 4.78 is 5.42. The summed E-state index contributed by atoms with van der Waals surface area (Å²) in [5.41, 5.74) is 7.66. The van der Waals surface area contributed by atoms with Crippen molar-refractivity contribution in [2.75, 3.05) is 11.5 Å². The van der Waals surface area contributed by atoms with E-state index in [0.29, 0.717) is 11.6 Å². The smallest absolute Gasteiger partial charge is 0.247 e. The van der Waals surface area contributed by atoms with Gasteiger partial charge in [0.15, 0.2) is 0 Å². The van der Waals surface area contributed by atoms with E-state index in [1.807, 2.05) is 55.5 Å². The second kappa shape index (κ2) is 5.99. The van der Waals surface area contributed by atoms with Gasteiger partial charge in [-0.05, 0) is 42.8 Å². The molecule has 3 rings (SSSR count). The van der Waals surface area contributed by atoms with Crippen LogP contribution in [0.2, 0.25) is 5.02 Å². The van der Waals surface area contributed by atoms with Crippen LogP contribution >= 0.6 is 11.6 Å². The van der Waals surface area contributed by atoms with Crippen LogP contribution in [0.25, 0.3) is 0 Å². The monoisotopic (exact) mass is 316 g/mol. The lowest BCUT2D eigenvalue weighted by molar-refractivity contribution is -0.126. The highest BCUT2D eigenvalue weighted by atomic mass is 35.5. The highest BCUT2D eigenvalue weighted by molar-refractivity contribution is 6.31. The minimum absolute atomic E-state index is 0.103. The molecular weight excluding hydrogens is 300 g/mol. The maximum absolute atomic E-state index is 12.2. The number of hydrogen-bond donors (Lipinski definition) is 1. The molecule has 0 aromatic heterocycles. The average Bonchev–Trinajstić information content (AvgIpc) is 2.54. The molecule has 1 fully saturated rings. The molecule has 0 bridgehead atoms. The van der Waals surface area contributed by atoms with E-state index in [1.54, 1.807) is 4.90 Å². The topological polar surface area (TPSA) is 55.6 Å². The zero-order valence-electron chi connectivity index (χ0n) is 12.2. The Hall–Kier alpha value is -2.04. The summed E-state index contributed by atoms with van der Waals surface area (Å²) in [7, 11) is 0. The van der Waals surface area contributed by atoms with Crippen LogP contribution in [0.4, 0.5) is 5.69 Å². The number of halogens is 1. The Morgan fingerprint density at radius 1 is 1.18 bits per heavy atom. The van der Waals surface area contributed by atoms with Crippen LogP contribution in [0.15, 0.2) is 48.5 Å². The Bertz CT molecular complexity index is 687. The first-order valence-corrected chi connectivity index (χ1v) is 7.57. The van der Waals surface area contributed by atoms with Crippen LogP contribution in [0.5, 0.6) is 5.75 Å². The Balaban J connectivity index is 1.91. The fourth-order valence-electron chi connectivity index (χ4n) is 2.72. The van der Waals surface area contributed by atoms with Crippen molar-refractivity contribution < 1.29 is 9.53 Å². The maximum atomic E-state index is 12.2. The number of ether oxygens (including phenoxy) is 1. The minimum Gasteiger partial charge on any atom is -0.494 e. The summed E-state index contributed by atoms with van der Waals surface area (Å²) in [5.74, 6) is 0.673. The van der Waals surface area contributed by atoms with Gasteiger partial charge < -0.3 is 15.4 Å². The Morgan fingerprint density at radius 2 is 1.86 bits per heavy atom. The third-order valence-electron chi connectivity index (χ3n) is 3.79. The number of carbonyl (C=O) groups excluding carboxylic acids is 1. The van der Waals surface area contributed by atoms with E-state index in [9.17, 15) is 4.79 Å². The van der Waals surface area contributed by atoms with Gasteiger partial charge in [-0.2, -0.15) is 0 Å². The van der Waals surface area contributed by atoms with E-state index in [1.165, 1.54) is 0 Å². The van der Waals surface area contributed by atoms with Gasteiger partial charge >= 0.3 is 0 Å². The van der Waals surface area contributed by atoms with Crippen molar-refractivity contribution in [2.24, 2.45) is 5.73 Å². The normalized spacial score (nSPS) is 20.7. The zero-order chi connectivity index (χ0) is 15.7. The molecule has 2 atom stereocenters. The second-order valence-electron chi connectivity index (χ2n) is 5.13. The van der Waals surface area contributed by atoms with E-state index in [-0.39, 0.29) is 11.9 Å². The predicted octanol–water partition coefficient (Wildman–Crippen LogP) is 3.15. The zero-order valence-corrected chi connectivity index (χ0v) is 13.0. The van der Waals surface area contributed by atoms with E-state index in [2.05, 4.69) is 0 Å². The van der Waals surface area contributed by atoms with Crippen molar-refractivity contribution in [2.45, 2.75) is 19.0 Å². The molecule has 22 heavy (non-hydrogen) atoms. The lowest BCUT2D eigenvalue weighted by Crippen LogP contribution is -2.63. The maximum Gasteiger partial charge on any atom is 0.247 e. The molecule has 2 N–H and O–H groups in total. The number of nitrogens with zero attached hydrogens (tertiary/aromatic N) is 1. The first-order chi connectivity index (χ1) is 10.6. The van der Waals surface area contributed by atoms with Gasteiger partial charge in [0.2, 0.25) is 5.91 Å².